The monoisotopic (exact) mass is 443 g/mol. The van der Waals surface area contributed by atoms with Gasteiger partial charge in [-0.2, -0.15) is 0 Å². The summed E-state index contributed by atoms with van der Waals surface area (Å²) in [6, 6.07) is 8.35. The summed E-state index contributed by atoms with van der Waals surface area (Å²) in [4.78, 5) is 52.1. The van der Waals surface area contributed by atoms with Gasteiger partial charge >= 0.3 is 11.9 Å². The highest BCUT2D eigenvalue weighted by Gasteiger charge is 2.50. The van der Waals surface area contributed by atoms with Crippen LogP contribution in [0.4, 0.5) is 0 Å². The van der Waals surface area contributed by atoms with Crippen molar-refractivity contribution in [1.29, 1.82) is 0 Å². The average molecular weight is 443 g/mol. The number of likely N-dealkylation sites (N-methyl/N-ethyl adjacent to an activating group) is 1. The predicted octanol–water partition coefficient (Wildman–Crippen LogP) is 1.31. The molecule has 0 bridgehead atoms. The molecular weight excluding hydrogens is 418 g/mol. The molecule has 2 aromatic rings. The number of carbonyl (C=O) groups excluding carboxylic acids is 4. The molecule has 0 spiro atoms. The maximum atomic E-state index is 13.3. The van der Waals surface area contributed by atoms with Crippen LogP contribution in [-0.4, -0.2) is 66.7 Å². The molecule has 3 unspecified atom stereocenters. The maximum absolute atomic E-state index is 13.3. The molecule has 1 aliphatic rings. The van der Waals surface area contributed by atoms with Crippen molar-refractivity contribution in [2.45, 2.75) is 37.8 Å². The van der Waals surface area contributed by atoms with Crippen molar-refractivity contribution in [1.82, 2.24) is 15.4 Å². The van der Waals surface area contributed by atoms with Crippen LogP contribution in [0.3, 0.4) is 0 Å². The quantitative estimate of drug-likeness (QED) is 0.662. The van der Waals surface area contributed by atoms with E-state index < -0.39 is 35.2 Å². The molecule has 1 saturated heterocycles. The van der Waals surface area contributed by atoms with Crippen LogP contribution >= 0.6 is 0 Å². The lowest BCUT2D eigenvalue weighted by molar-refractivity contribution is -0.154. The number of aromatic nitrogens is 1. The molecule has 1 aromatic heterocycles. The molecule has 3 rings (SSSR count). The minimum absolute atomic E-state index is 0.0102. The number of carbonyl (C=O) groups is 4. The summed E-state index contributed by atoms with van der Waals surface area (Å²) in [5.74, 6) is -3.73. The number of amides is 2. The Balaban J connectivity index is 1.93. The van der Waals surface area contributed by atoms with E-state index in [9.17, 15) is 19.2 Å². The topological polar surface area (TPSA) is 128 Å². The van der Waals surface area contributed by atoms with Gasteiger partial charge in [0.2, 0.25) is 11.8 Å². The highest BCUT2D eigenvalue weighted by atomic mass is 16.6. The first-order valence-corrected chi connectivity index (χ1v) is 9.94. The van der Waals surface area contributed by atoms with Crippen LogP contribution < -0.4 is 5.32 Å². The summed E-state index contributed by atoms with van der Waals surface area (Å²) in [6.07, 6.45) is 0.326. The Morgan fingerprint density at radius 1 is 1.19 bits per heavy atom. The van der Waals surface area contributed by atoms with Crippen LogP contribution in [0.5, 0.6) is 0 Å². The number of benzene rings is 1. The van der Waals surface area contributed by atoms with Crippen molar-refractivity contribution >= 4 is 23.8 Å². The molecule has 32 heavy (non-hydrogen) atoms. The normalized spacial score (nSPS) is 21.7. The Morgan fingerprint density at radius 3 is 2.41 bits per heavy atom. The molecule has 0 saturated carbocycles. The maximum Gasteiger partial charge on any atom is 0.377 e. The zero-order valence-electron chi connectivity index (χ0n) is 18.5. The van der Waals surface area contributed by atoms with Gasteiger partial charge in [0, 0.05) is 19.4 Å². The summed E-state index contributed by atoms with van der Waals surface area (Å²) in [7, 11) is 3.83. The van der Waals surface area contributed by atoms with Gasteiger partial charge < -0.3 is 24.2 Å². The van der Waals surface area contributed by atoms with E-state index in [1.807, 2.05) is 30.3 Å². The predicted molar refractivity (Wildman–Crippen MR) is 111 cm³/mol. The van der Waals surface area contributed by atoms with Gasteiger partial charge in [0.25, 0.3) is 5.76 Å². The highest BCUT2D eigenvalue weighted by Crippen LogP contribution is 2.32. The molecule has 1 aliphatic heterocycles. The van der Waals surface area contributed by atoms with Crippen molar-refractivity contribution in [3.8, 4) is 0 Å². The number of methoxy groups -OCH3 is 2. The number of esters is 2. The second-order valence-electron chi connectivity index (χ2n) is 7.83. The molecule has 0 aliphatic carbocycles. The van der Waals surface area contributed by atoms with E-state index in [2.05, 4.69) is 15.2 Å². The van der Waals surface area contributed by atoms with Crippen LogP contribution in [0.25, 0.3) is 0 Å². The fourth-order valence-electron chi connectivity index (χ4n) is 3.80. The van der Waals surface area contributed by atoms with Gasteiger partial charge in [-0.05, 0) is 12.5 Å². The summed E-state index contributed by atoms with van der Waals surface area (Å²) in [5, 5.41) is 6.58. The molecule has 170 valence electrons. The molecule has 0 radical (unpaired) electrons. The Morgan fingerprint density at radius 2 is 1.81 bits per heavy atom. The lowest BCUT2D eigenvalue weighted by atomic mass is 9.84. The highest BCUT2D eigenvalue weighted by molar-refractivity contribution is 6.03. The number of ether oxygens (including phenoxy) is 2. The van der Waals surface area contributed by atoms with Gasteiger partial charge in [-0.25, -0.2) is 9.59 Å². The zero-order chi connectivity index (χ0) is 23.6. The van der Waals surface area contributed by atoms with Gasteiger partial charge in [0.05, 0.1) is 14.2 Å². The zero-order valence-corrected chi connectivity index (χ0v) is 18.5. The van der Waals surface area contributed by atoms with Crippen LogP contribution in [0.1, 0.15) is 51.9 Å². The van der Waals surface area contributed by atoms with Crippen molar-refractivity contribution in [2.24, 2.45) is 0 Å². The molecule has 2 amide bonds. The third-order valence-corrected chi connectivity index (χ3v) is 5.91. The van der Waals surface area contributed by atoms with Gasteiger partial charge in [0.15, 0.2) is 0 Å². The molecule has 1 N–H and O–H groups in total. The van der Waals surface area contributed by atoms with E-state index >= 15 is 0 Å². The minimum atomic E-state index is -1.11. The molecular formula is C22H25N3O7. The second-order valence-corrected chi connectivity index (χ2v) is 7.83. The van der Waals surface area contributed by atoms with Crippen LogP contribution in [-0.2, 0) is 25.5 Å². The number of hydrogen-bond donors (Lipinski definition) is 1. The van der Waals surface area contributed by atoms with E-state index in [0.717, 1.165) is 19.8 Å². The van der Waals surface area contributed by atoms with Gasteiger partial charge in [-0.3, -0.25) is 9.59 Å². The average Bonchev–Trinajstić information content (AvgIpc) is 3.24. The van der Waals surface area contributed by atoms with E-state index in [1.54, 1.807) is 20.9 Å². The second kappa shape index (κ2) is 8.81. The number of hydrogen-bond acceptors (Lipinski definition) is 8. The molecule has 1 fully saturated rings. The van der Waals surface area contributed by atoms with Crippen LogP contribution in [0, 0.1) is 0 Å². The van der Waals surface area contributed by atoms with Gasteiger partial charge in [-0.15, -0.1) is 0 Å². The van der Waals surface area contributed by atoms with Crippen molar-refractivity contribution in [3.05, 3.63) is 52.9 Å². The molecule has 10 heteroatoms. The third-order valence-electron chi connectivity index (χ3n) is 5.91. The van der Waals surface area contributed by atoms with E-state index in [1.165, 1.54) is 4.90 Å². The van der Waals surface area contributed by atoms with Crippen molar-refractivity contribution in [3.63, 3.8) is 0 Å². The molecule has 3 atom stereocenters. The number of nitrogens with one attached hydrogen (secondary N) is 1. The third kappa shape index (κ3) is 3.83. The fraction of sp³-hybridized carbons (Fsp3) is 0.409. The van der Waals surface area contributed by atoms with E-state index in [4.69, 9.17) is 9.26 Å². The lowest BCUT2D eigenvalue weighted by Gasteiger charge is -2.45. The smallest absolute Gasteiger partial charge is 0.377 e. The minimum Gasteiger partial charge on any atom is -0.465 e. The Labute approximate surface area is 184 Å². The first-order chi connectivity index (χ1) is 15.2. The standard InChI is InChI=1S/C22H25N3O7/c1-12(15-14(19(27)30-4)17(32-24-15)20(28)31-5)16-18(26)25(3)22(2,21(29)23-16)11-13-9-7-6-8-10-13/h6-10,12,16H,11H2,1-5H3,(H,23,29). The Bertz CT molecular complexity index is 1050. The molecule has 1 aromatic carbocycles. The Hall–Kier alpha value is -3.69. The lowest BCUT2D eigenvalue weighted by Crippen LogP contribution is -2.70. The number of piperazine rings is 1. The number of rotatable bonds is 6. The van der Waals surface area contributed by atoms with Crippen LogP contribution in [0.15, 0.2) is 34.9 Å². The summed E-state index contributed by atoms with van der Waals surface area (Å²) in [6.45, 7) is 3.29. The van der Waals surface area contributed by atoms with Crippen molar-refractivity contribution < 1.29 is 33.2 Å². The van der Waals surface area contributed by atoms with Gasteiger partial charge in [0.1, 0.15) is 22.8 Å². The fourth-order valence-corrected chi connectivity index (χ4v) is 3.80. The summed E-state index contributed by atoms with van der Waals surface area (Å²) >= 11 is 0. The van der Waals surface area contributed by atoms with Crippen LogP contribution in [0.2, 0.25) is 0 Å². The summed E-state index contributed by atoms with van der Waals surface area (Å²) < 4.78 is 14.4. The first kappa shape index (κ1) is 23.0. The van der Waals surface area contributed by atoms with Crippen molar-refractivity contribution in [2.75, 3.05) is 21.3 Å². The summed E-state index contributed by atoms with van der Waals surface area (Å²) in [5.41, 5.74) is -0.436. The SMILES string of the molecule is COC(=O)c1onc(C(C)C2NC(=O)C(C)(Cc3ccccc3)N(C)C2=O)c1C(=O)OC. The molecule has 2 heterocycles. The number of nitrogens with zero attached hydrogens (tertiary/aromatic N) is 2. The van der Waals surface area contributed by atoms with E-state index in [0.29, 0.717) is 6.42 Å². The largest absolute Gasteiger partial charge is 0.465 e. The Kier molecular flexibility index (Phi) is 6.33. The van der Waals surface area contributed by atoms with E-state index in [-0.39, 0.29) is 23.1 Å². The first-order valence-electron chi connectivity index (χ1n) is 9.94. The molecule has 10 nitrogen and oxygen atoms in total. The van der Waals surface area contributed by atoms with Gasteiger partial charge in [-0.1, -0.05) is 42.4 Å².